The molecular weight excluding hydrogens is 1260 g/mol. The number of H-pyrrole nitrogens is 1. The van der Waals surface area contributed by atoms with Crippen molar-refractivity contribution in [3.8, 4) is 0 Å². The van der Waals surface area contributed by atoms with Gasteiger partial charge in [-0.3, -0.25) is 48.6 Å². The molecule has 3 aromatic heterocycles. The summed E-state index contributed by atoms with van der Waals surface area (Å²) in [5.41, 5.74) is 3.76. The number of hydrogen-bond acceptors (Lipinski definition) is 13. The summed E-state index contributed by atoms with van der Waals surface area (Å²) in [6, 6.07) is 22.0. The van der Waals surface area contributed by atoms with Crippen LogP contribution in [0.1, 0.15) is 136 Å². The molecule has 0 saturated carbocycles. The van der Waals surface area contributed by atoms with Crippen LogP contribution in [-0.2, 0) is 32.2 Å². The highest BCUT2D eigenvalue weighted by Gasteiger charge is 2.50. The van der Waals surface area contributed by atoms with E-state index in [0.29, 0.717) is 46.8 Å². The normalized spacial score (nSPS) is 16.9. The van der Waals surface area contributed by atoms with Crippen LogP contribution in [0.15, 0.2) is 134 Å². The maximum Gasteiger partial charge on any atom is 0.486 e. The van der Waals surface area contributed by atoms with Crippen molar-refractivity contribution >= 4 is 93.5 Å². The van der Waals surface area contributed by atoms with Crippen LogP contribution in [0, 0.1) is 3.57 Å². The van der Waals surface area contributed by atoms with E-state index in [4.69, 9.17) is 18.8 Å². The van der Waals surface area contributed by atoms with Gasteiger partial charge in [0.25, 0.3) is 35.4 Å². The predicted molar refractivity (Wildman–Crippen MR) is 358 cm³/mol. The zero-order valence-corrected chi connectivity index (χ0v) is 57.6. The fourth-order valence-electron chi connectivity index (χ4n) is 9.08. The Morgan fingerprint density at radius 2 is 0.898 bits per heavy atom. The van der Waals surface area contributed by atoms with Crippen LogP contribution in [0.3, 0.4) is 0 Å². The van der Waals surface area contributed by atoms with Crippen LogP contribution in [0.2, 0.25) is 51.4 Å². The minimum Gasteiger partial charge on any atom is -0.400 e. The Labute approximate surface area is 534 Å². The molecule has 6 aromatic rings. The first-order chi connectivity index (χ1) is 41.6. The number of aromatic nitrogens is 6. The highest BCUT2D eigenvalue weighted by Crippen LogP contribution is 2.37. The van der Waals surface area contributed by atoms with Crippen LogP contribution in [0.4, 0.5) is 0 Å². The summed E-state index contributed by atoms with van der Waals surface area (Å²) in [5, 5.41) is 15.0. The summed E-state index contributed by atoms with van der Waals surface area (Å²) in [5.74, 6) is 0.270. The molecular formula is C65H85BIN9O10Si2. The highest BCUT2D eigenvalue weighted by molar-refractivity contribution is 14.1. The van der Waals surface area contributed by atoms with E-state index < -0.39 is 34.5 Å². The summed E-state index contributed by atoms with van der Waals surface area (Å²) in [6.07, 6.45) is 20.0. The highest BCUT2D eigenvalue weighted by atomic mass is 127. The lowest BCUT2D eigenvalue weighted by atomic mass is 9.89. The van der Waals surface area contributed by atoms with Crippen molar-refractivity contribution in [3.63, 3.8) is 0 Å². The van der Waals surface area contributed by atoms with E-state index in [1.165, 1.54) is 20.7 Å². The number of halogens is 1. The second kappa shape index (κ2) is 31.0. The number of carbonyl (C=O) groups is 6. The fourth-order valence-corrected chi connectivity index (χ4v) is 11.0. The molecule has 1 N–H and O–H groups in total. The molecule has 3 aromatic carbocycles. The second-order valence-corrected chi connectivity index (χ2v) is 37.3. The number of amides is 6. The van der Waals surface area contributed by atoms with Crippen LogP contribution in [0.25, 0.3) is 12.2 Å². The van der Waals surface area contributed by atoms with Gasteiger partial charge in [-0.25, -0.2) is 9.36 Å². The largest absolute Gasteiger partial charge is 0.486 e. The number of aromatic amines is 1. The number of imide groups is 3. The topological polar surface area (TPSA) is 213 Å². The average Bonchev–Trinajstić information content (AvgIpc) is 2.53. The number of benzene rings is 3. The van der Waals surface area contributed by atoms with Crippen LogP contribution < -0.4 is 0 Å². The van der Waals surface area contributed by atoms with Crippen LogP contribution in [0.5, 0.6) is 0 Å². The van der Waals surface area contributed by atoms with E-state index >= 15 is 0 Å². The average molecular weight is 1350 g/mol. The summed E-state index contributed by atoms with van der Waals surface area (Å²) in [4.78, 5) is 78.3. The maximum absolute atomic E-state index is 12.5. The van der Waals surface area contributed by atoms with E-state index in [0.717, 1.165) is 34.0 Å². The van der Waals surface area contributed by atoms with Gasteiger partial charge in [0, 0.05) is 59.1 Å². The lowest BCUT2D eigenvalue weighted by Gasteiger charge is -2.32. The minimum atomic E-state index is -1.09. The van der Waals surface area contributed by atoms with Gasteiger partial charge >= 0.3 is 7.12 Å². The smallest absolute Gasteiger partial charge is 0.400 e. The maximum atomic E-state index is 12.5. The van der Waals surface area contributed by atoms with Gasteiger partial charge in [0.1, 0.15) is 13.5 Å². The molecule has 0 radical (unpaired) electrons. The number of hydrogen-bond donors (Lipinski definition) is 1. The van der Waals surface area contributed by atoms with Gasteiger partial charge in [-0.15, -0.1) is 0 Å². The lowest BCUT2D eigenvalue weighted by molar-refractivity contribution is 0.00578. The van der Waals surface area contributed by atoms with E-state index in [-0.39, 0.29) is 53.6 Å². The number of nitrogens with one attached hydrogen (secondary N) is 1. The SMILES string of the molecule is CC.C[C@@H](/C=C/B1OC(C)(C)C(C)(C)O1)N1C(=O)c2ccccc2C1=O.C[C@@H](/C=C/c1cn[nH]c1)N1C(=O)c2ccccc2C1=O.C[C@@H](/C=C/c1cnn(COCC[Si](C)(C)C)c1)N1C(=O)c2ccccc2C1=O.C[Si](C)(C)CCOCn1cc(I)cn1. The van der Waals surface area contributed by atoms with Gasteiger partial charge in [-0.05, 0) is 120 Å². The third-order valence-electron chi connectivity index (χ3n) is 14.9. The Hall–Kier alpha value is -7.00. The molecule has 1 saturated heterocycles. The Balaban J connectivity index is 0.000000190. The minimum absolute atomic E-state index is 0.241. The fraction of sp³-hybridized carbons (Fsp3) is 0.400. The Kier molecular flexibility index (Phi) is 24.7. The molecule has 3 atom stereocenters. The van der Waals surface area contributed by atoms with Gasteiger partial charge in [-0.1, -0.05) is 126 Å². The first-order valence-electron chi connectivity index (χ1n) is 29.7. The molecule has 4 aliphatic heterocycles. The monoisotopic (exact) mass is 1350 g/mol. The van der Waals surface area contributed by atoms with Gasteiger partial charge in [-0.2, -0.15) is 15.3 Å². The molecule has 0 bridgehead atoms. The van der Waals surface area contributed by atoms with Crippen LogP contribution in [-0.4, -0.2) is 146 Å². The predicted octanol–water partition coefficient (Wildman–Crippen LogP) is 12.7. The first-order valence-corrected chi connectivity index (χ1v) is 38.2. The van der Waals surface area contributed by atoms with Gasteiger partial charge in [0.05, 0.1) is 84.9 Å². The number of nitrogens with zero attached hydrogens (tertiary/aromatic N) is 8. The Morgan fingerprint density at radius 1 is 0.545 bits per heavy atom. The first kappa shape index (κ1) is 70.1. The quantitative estimate of drug-likeness (QED) is 0.0346. The van der Waals surface area contributed by atoms with Crippen molar-refractivity contribution in [1.82, 2.24) is 44.5 Å². The standard InChI is InChI=1S/C21H27N3O3Si.C18H22BNO4.C15H13N3O2.C9H17IN2OSi.C2H6/c1-16(24-20(25)18-7-5-6-8-19(18)21(24)26)9-10-17-13-22-23(14-17)15-27-11-12-28(2,3)4;1-12(10-11-19-23-17(2,3)18(4,5)24-19)20-15(21)13-8-6-7-9-14(13)16(20)22;1-10(6-7-11-8-16-17-9-11)18-14(19)12-4-2-3-5-13(12)15(18)20;1-14(2,3)5-4-13-8-12-7-9(10)6-11-12;1-2/h5-10,13-14,16H,11-12,15H2,1-4H3;6-12H,1-5H3;2-10H,1H3,(H,16,17);6-7H,4-5,8H2,1-3H3;1-2H3/b10-9+;11-10+;7-6+;;/t16-;12-;10-;;/m000../s1. The third kappa shape index (κ3) is 18.5. The van der Waals surface area contributed by atoms with E-state index in [1.807, 2.05) is 110 Å². The van der Waals surface area contributed by atoms with E-state index in [9.17, 15) is 28.8 Å². The molecule has 468 valence electrons. The van der Waals surface area contributed by atoms with Crippen molar-refractivity contribution in [2.75, 3.05) is 13.2 Å². The Bertz CT molecular complexity index is 3350. The lowest BCUT2D eigenvalue weighted by Crippen LogP contribution is -2.41. The van der Waals surface area contributed by atoms with Crippen molar-refractivity contribution in [2.24, 2.45) is 0 Å². The molecule has 10 rings (SSSR count). The molecule has 6 amide bonds. The molecule has 0 unspecified atom stereocenters. The molecule has 7 heterocycles. The number of rotatable bonds is 19. The van der Waals surface area contributed by atoms with Crippen molar-refractivity contribution in [3.05, 3.63) is 182 Å². The molecule has 19 nitrogen and oxygen atoms in total. The molecule has 0 spiro atoms. The molecule has 1 fully saturated rings. The number of fused-ring (bicyclic) bond motifs is 3. The van der Waals surface area contributed by atoms with Gasteiger partial charge in [0.15, 0.2) is 0 Å². The van der Waals surface area contributed by atoms with Gasteiger partial charge < -0.3 is 18.8 Å². The van der Waals surface area contributed by atoms with Crippen molar-refractivity contribution in [1.29, 1.82) is 0 Å². The van der Waals surface area contributed by atoms with Crippen molar-refractivity contribution < 1.29 is 47.5 Å². The molecule has 0 aliphatic carbocycles. The van der Waals surface area contributed by atoms with Gasteiger partial charge in [0.2, 0.25) is 0 Å². The Morgan fingerprint density at radius 3 is 1.24 bits per heavy atom. The third-order valence-corrected chi connectivity index (χ3v) is 18.8. The zero-order valence-electron chi connectivity index (χ0n) is 53.4. The van der Waals surface area contributed by atoms with Crippen molar-refractivity contribution in [2.45, 2.75) is 156 Å². The number of ether oxygens (including phenoxy) is 2. The van der Waals surface area contributed by atoms with Crippen LogP contribution >= 0.6 is 22.6 Å². The molecule has 4 aliphatic rings. The van der Waals surface area contributed by atoms with E-state index in [2.05, 4.69) is 82.3 Å². The summed E-state index contributed by atoms with van der Waals surface area (Å²) in [7, 11) is -2.53. The summed E-state index contributed by atoms with van der Waals surface area (Å²) >= 11 is 2.24. The zero-order chi connectivity index (χ0) is 64.7. The van der Waals surface area contributed by atoms with E-state index in [1.54, 1.807) is 108 Å². The number of carbonyl (C=O) groups excluding carboxylic acids is 6. The second-order valence-electron chi connectivity index (χ2n) is 24.8. The molecule has 88 heavy (non-hydrogen) atoms. The summed E-state index contributed by atoms with van der Waals surface area (Å²) in [6.45, 7) is 34.0. The summed E-state index contributed by atoms with van der Waals surface area (Å²) < 4.78 is 27.7. The molecule has 23 heteroatoms.